The van der Waals surface area contributed by atoms with E-state index in [0.29, 0.717) is 16.9 Å². The van der Waals surface area contributed by atoms with Crippen LogP contribution in [0.2, 0.25) is 0 Å². The van der Waals surface area contributed by atoms with Crippen molar-refractivity contribution in [3.05, 3.63) is 76.8 Å². The van der Waals surface area contributed by atoms with Gasteiger partial charge < -0.3 is 30.5 Å². The van der Waals surface area contributed by atoms with Gasteiger partial charge in [0.25, 0.3) is 5.91 Å². The van der Waals surface area contributed by atoms with E-state index in [4.69, 9.17) is 4.74 Å². The molecule has 0 unspecified atom stereocenters. The minimum absolute atomic E-state index is 0.0138. The zero-order chi connectivity index (χ0) is 26.4. The van der Waals surface area contributed by atoms with E-state index in [1.807, 2.05) is 56.3 Å². The van der Waals surface area contributed by atoms with E-state index in [9.17, 15) is 9.59 Å². The number of rotatable bonds is 7. The number of hydrogen-bond donors (Lipinski definition) is 3. The fraction of sp³-hybridized carbons (Fsp3) is 0.286. The van der Waals surface area contributed by atoms with E-state index in [1.54, 1.807) is 25.3 Å². The number of anilines is 4. The van der Waals surface area contributed by atoms with Crippen LogP contribution < -0.4 is 30.5 Å². The van der Waals surface area contributed by atoms with E-state index < -0.39 is 0 Å². The number of methoxy groups -OCH3 is 1. The first-order valence-electron chi connectivity index (χ1n) is 12.3. The Morgan fingerprint density at radius 2 is 1.43 bits per heavy atom. The highest BCUT2D eigenvalue weighted by molar-refractivity contribution is 9.10. The van der Waals surface area contributed by atoms with Crippen LogP contribution in [0.4, 0.5) is 27.5 Å². The number of amides is 3. The molecule has 0 aliphatic carbocycles. The van der Waals surface area contributed by atoms with Gasteiger partial charge in [0.2, 0.25) is 0 Å². The lowest BCUT2D eigenvalue weighted by molar-refractivity contribution is 0.0943. The Bertz CT molecular complexity index is 1240. The molecule has 0 atom stereocenters. The van der Waals surface area contributed by atoms with Crippen LogP contribution in [0.1, 0.15) is 24.2 Å². The van der Waals surface area contributed by atoms with Crippen LogP contribution >= 0.6 is 15.9 Å². The van der Waals surface area contributed by atoms with E-state index in [1.165, 1.54) is 0 Å². The van der Waals surface area contributed by atoms with Gasteiger partial charge in [0.15, 0.2) is 0 Å². The van der Waals surface area contributed by atoms with Gasteiger partial charge in [0.05, 0.1) is 18.4 Å². The Kier molecular flexibility index (Phi) is 8.55. The third kappa shape index (κ3) is 6.74. The maximum absolute atomic E-state index is 13.2. The van der Waals surface area contributed by atoms with Gasteiger partial charge in [0, 0.05) is 53.8 Å². The summed E-state index contributed by atoms with van der Waals surface area (Å²) in [4.78, 5) is 30.2. The molecule has 0 saturated carbocycles. The lowest BCUT2D eigenvalue weighted by Crippen LogP contribution is -2.47. The van der Waals surface area contributed by atoms with Crippen LogP contribution in [-0.2, 0) is 0 Å². The summed E-state index contributed by atoms with van der Waals surface area (Å²) in [6, 6.07) is 20.4. The lowest BCUT2D eigenvalue weighted by Gasteiger charge is -2.38. The molecule has 0 spiro atoms. The molecule has 1 aliphatic heterocycles. The number of carbonyl (C=O) groups is 2. The number of hydrogen-bond acceptors (Lipinski definition) is 5. The zero-order valence-electron chi connectivity index (χ0n) is 21.3. The van der Waals surface area contributed by atoms with Gasteiger partial charge in [-0.05, 0) is 68.4 Å². The Morgan fingerprint density at radius 1 is 0.838 bits per heavy atom. The molecule has 8 nitrogen and oxygen atoms in total. The van der Waals surface area contributed by atoms with Crippen LogP contribution in [0, 0.1) is 0 Å². The van der Waals surface area contributed by atoms with Crippen molar-refractivity contribution in [3.8, 4) is 5.75 Å². The van der Waals surface area contributed by atoms with Crippen LogP contribution in [0.5, 0.6) is 5.75 Å². The maximum Gasteiger partial charge on any atom is 0.323 e. The molecule has 3 amide bonds. The highest BCUT2D eigenvalue weighted by Crippen LogP contribution is 2.31. The molecular weight excluding hydrogens is 534 g/mol. The summed E-state index contributed by atoms with van der Waals surface area (Å²) < 4.78 is 6.46. The Labute approximate surface area is 226 Å². The minimum Gasteiger partial charge on any atom is -0.495 e. The number of halogens is 1. The number of benzene rings is 3. The second-order valence-corrected chi connectivity index (χ2v) is 10.0. The average molecular weight is 566 g/mol. The standard InChI is InChI=1S/C28H32BrN5O3/c1-19(2)30-27(35)23-18-22(32-28(36)31-21-10-8-20(29)9-11-21)12-13-24(23)33-14-16-34(17-15-33)25-6-4-5-7-26(25)37-3/h4-13,18-19H,14-17H2,1-3H3,(H,30,35)(H2,31,32,36). The number of nitrogens with one attached hydrogen (secondary N) is 3. The second kappa shape index (κ2) is 12.0. The van der Waals surface area contributed by atoms with E-state index in [0.717, 1.165) is 47.8 Å². The SMILES string of the molecule is COc1ccccc1N1CCN(c2ccc(NC(=O)Nc3ccc(Br)cc3)cc2C(=O)NC(C)C)CC1. The van der Waals surface area contributed by atoms with Gasteiger partial charge >= 0.3 is 6.03 Å². The van der Waals surface area contributed by atoms with E-state index in [-0.39, 0.29) is 18.0 Å². The number of ether oxygens (including phenoxy) is 1. The predicted molar refractivity (Wildman–Crippen MR) is 153 cm³/mol. The molecule has 1 fully saturated rings. The molecule has 194 valence electrons. The lowest BCUT2D eigenvalue weighted by atomic mass is 10.1. The third-order valence-corrected chi connectivity index (χ3v) is 6.60. The van der Waals surface area contributed by atoms with Gasteiger partial charge in [-0.3, -0.25) is 4.79 Å². The summed E-state index contributed by atoms with van der Waals surface area (Å²) in [5, 5.41) is 8.64. The van der Waals surface area contributed by atoms with Crippen molar-refractivity contribution < 1.29 is 14.3 Å². The Balaban J connectivity index is 1.50. The molecule has 3 N–H and O–H groups in total. The summed E-state index contributed by atoms with van der Waals surface area (Å²) in [5.74, 6) is 0.680. The van der Waals surface area contributed by atoms with Crippen LogP contribution in [0.25, 0.3) is 0 Å². The first-order chi connectivity index (χ1) is 17.8. The Morgan fingerprint density at radius 3 is 2.08 bits per heavy atom. The van der Waals surface area contributed by atoms with Gasteiger partial charge in [-0.2, -0.15) is 0 Å². The normalized spacial score (nSPS) is 13.3. The van der Waals surface area contributed by atoms with Gasteiger partial charge in [-0.15, -0.1) is 0 Å². The van der Waals surface area contributed by atoms with Crippen molar-refractivity contribution in [1.29, 1.82) is 0 Å². The fourth-order valence-electron chi connectivity index (χ4n) is 4.32. The first-order valence-corrected chi connectivity index (χ1v) is 13.0. The largest absolute Gasteiger partial charge is 0.495 e. The number of piperazine rings is 1. The second-order valence-electron chi connectivity index (χ2n) is 9.09. The first kappa shape index (κ1) is 26.3. The third-order valence-electron chi connectivity index (χ3n) is 6.07. The number of nitrogens with zero attached hydrogens (tertiary/aromatic N) is 2. The summed E-state index contributed by atoms with van der Waals surface area (Å²) in [5.41, 5.74) is 3.65. The molecular formula is C28H32BrN5O3. The van der Waals surface area contributed by atoms with Crippen molar-refractivity contribution in [3.63, 3.8) is 0 Å². The van der Waals surface area contributed by atoms with E-state index in [2.05, 4.69) is 47.7 Å². The molecule has 1 saturated heterocycles. The molecule has 1 heterocycles. The quantitative estimate of drug-likeness (QED) is 0.349. The maximum atomic E-state index is 13.2. The van der Waals surface area contributed by atoms with Crippen molar-refractivity contribution >= 4 is 50.6 Å². The molecule has 0 bridgehead atoms. The zero-order valence-corrected chi connectivity index (χ0v) is 22.8. The number of carbonyl (C=O) groups excluding carboxylic acids is 2. The Hall–Kier alpha value is -3.72. The van der Waals surface area contributed by atoms with E-state index >= 15 is 0 Å². The predicted octanol–water partition coefficient (Wildman–Crippen LogP) is 5.57. The summed E-state index contributed by atoms with van der Waals surface area (Å²) in [6.45, 7) is 6.94. The average Bonchev–Trinajstić information content (AvgIpc) is 2.89. The number of para-hydroxylation sites is 2. The van der Waals surface area contributed by atoms with Crippen molar-refractivity contribution in [2.45, 2.75) is 19.9 Å². The molecule has 4 rings (SSSR count). The van der Waals surface area contributed by atoms with Crippen molar-refractivity contribution in [2.75, 3.05) is 53.7 Å². The molecule has 3 aromatic rings. The van der Waals surface area contributed by atoms with Crippen LogP contribution in [0.3, 0.4) is 0 Å². The highest BCUT2D eigenvalue weighted by Gasteiger charge is 2.24. The fourth-order valence-corrected chi connectivity index (χ4v) is 4.58. The topological polar surface area (TPSA) is 85.9 Å². The monoisotopic (exact) mass is 565 g/mol. The minimum atomic E-state index is -0.379. The summed E-state index contributed by atoms with van der Waals surface area (Å²) in [7, 11) is 1.68. The van der Waals surface area contributed by atoms with Crippen LogP contribution in [-0.4, -0.2) is 51.3 Å². The highest BCUT2D eigenvalue weighted by atomic mass is 79.9. The molecule has 0 radical (unpaired) electrons. The smallest absolute Gasteiger partial charge is 0.323 e. The molecule has 1 aliphatic rings. The molecule has 37 heavy (non-hydrogen) atoms. The van der Waals surface area contributed by atoms with Crippen molar-refractivity contribution in [1.82, 2.24) is 5.32 Å². The van der Waals surface area contributed by atoms with Crippen molar-refractivity contribution in [2.24, 2.45) is 0 Å². The summed E-state index contributed by atoms with van der Waals surface area (Å²) >= 11 is 3.39. The summed E-state index contributed by atoms with van der Waals surface area (Å²) in [6.07, 6.45) is 0. The van der Waals surface area contributed by atoms with Crippen LogP contribution in [0.15, 0.2) is 71.2 Å². The number of urea groups is 1. The van der Waals surface area contributed by atoms with Gasteiger partial charge in [-0.1, -0.05) is 28.1 Å². The molecule has 3 aromatic carbocycles. The molecule has 0 aromatic heterocycles. The van der Waals surface area contributed by atoms with Gasteiger partial charge in [-0.25, -0.2) is 4.79 Å². The molecule has 9 heteroatoms. The van der Waals surface area contributed by atoms with Gasteiger partial charge in [0.1, 0.15) is 5.75 Å².